The van der Waals surface area contributed by atoms with E-state index in [2.05, 4.69) is 15.0 Å². The number of anilines is 2. The second-order valence-corrected chi connectivity index (χ2v) is 6.08. The summed E-state index contributed by atoms with van der Waals surface area (Å²) in [6.45, 7) is 11.1. The Morgan fingerprint density at radius 2 is 1.76 bits per heavy atom. The number of halogens is 1. The zero-order valence-electron chi connectivity index (χ0n) is 15.2. The Bertz CT molecular complexity index is 717. The summed E-state index contributed by atoms with van der Waals surface area (Å²) in [5.41, 5.74) is 8.65. The van der Waals surface area contributed by atoms with Crippen LogP contribution in [0.5, 0.6) is 0 Å². The van der Waals surface area contributed by atoms with Crippen LogP contribution in [0, 0.1) is 13.8 Å². The van der Waals surface area contributed by atoms with E-state index in [1.807, 2.05) is 27.7 Å². The maximum atomic E-state index is 11.4. The van der Waals surface area contributed by atoms with Crippen LogP contribution < -0.4 is 15.5 Å². The second-order valence-electron chi connectivity index (χ2n) is 5.68. The van der Waals surface area contributed by atoms with Gasteiger partial charge in [-0.2, -0.15) is 0 Å². The summed E-state index contributed by atoms with van der Waals surface area (Å²) in [5.74, 6) is 0.391. The van der Waals surface area contributed by atoms with Crippen molar-refractivity contribution in [1.82, 2.24) is 5.16 Å². The Labute approximate surface area is 153 Å². The van der Waals surface area contributed by atoms with Crippen molar-refractivity contribution in [1.29, 1.82) is 0 Å². The number of hydrogen-bond acceptors (Lipinski definition) is 5. The molecule has 0 spiro atoms. The first kappa shape index (κ1) is 19.1. The van der Waals surface area contributed by atoms with E-state index in [1.165, 1.54) is 0 Å². The van der Waals surface area contributed by atoms with E-state index in [4.69, 9.17) is 21.9 Å². The maximum Gasteiger partial charge on any atom is 0.248 e. The van der Waals surface area contributed by atoms with Crippen LogP contribution in [0.1, 0.15) is 35.7 Å². The number of nitrogens with zero attached hydrogens (tertiary/aromatic N) is 3. The first-order chi connectivity index (χ1) is 12.0. The van der Waals surface area contributed by atoms with E-state index < -0.39 is 5.91 Å². The first-order valence-electron chi connectivity index (χ1n) is 8.49. The third kappa shape index (κ3) is 4.07. The molecule has 1 aliphatic rings. The SMILES string of the molecule is CC.Cc1noc(C)c1N1CCN(c2cc(C(N)=O)ccc2Cl)CC1. The van der Waals surface area contributed by atoms with Crippen molar-refractivity contribution in [3.05, 3.63) is 40.2 Å². The fourth-order valence-electron chi connectivity index (χ4n) is 3.01. The van der Waals surface area contributed by atoms with Crippen LogP contribution in [0.3, 0.4) is 0 Å². The van der Waals surface area contributed by atoms with Crippen molar-refractivity contribution in [3.8, 4) is 0 Å². The number of carbonyl (C=O) groups excluding carboxylic acids is 1. The van der Waals surface area contributed by atoms with Gasteiger partial charge in [0.1, 0.15) is 11.4 Å². The molecule has 1 saturated heterocycles. The Morgan fingerprint density at radius 1 is 1.16 bits per heavy atom. The molecule has 0 aliphatic carbocycles. The van der Waals surface area contributed by atoms with Crippen LogP contribution in [0.4, 0.5) is 11.4 Å². The molecular weight excluding hydrogens is 340 g/mol. The van der Waals surface area contributed by atoms with Gasteiger partial charge in [-0.3, -0.25) is 4.79 Å². The molecular formula is C18H25ClN4O2. The topological polar surface area (TPSA) is 75.6 Å². The number of primary amides is 1. The summed E-state index contributed by atoms with van der Waals surface area (Å²) in [6.07, 6.45) is 0. The molecule has 136 valence electrons. The van der Waals surface area contributed by atoms with Gasteiger partial charge in [0.05, 0.1) is 10.7 Å². The van der Waals surface area contributed by atoms with Crippen molar-refractivity contribution in [2.75, 3.05) is 36.0 Å². The van der Waals surface area contributed by atoms with Crippen molar-refractivity contribution >= 4 is 28.9 Å². The molecule has 0 saturated carbocycles. The average Bonchev–Trinajstić information content (AvgIpc) is 2.96. The fourth-order valence-corrected chi connectivity index (χ4v) is 3.25. The molecule has 0 unspecified atom stereocenters. The summed E-state index contributed by atoms with van der Waals surface area (Å²) < 4.78 is 5.24. The molecule has 2 heterocycles. The van der Waals surface area contributed by atoms with E-state index in [0.29, 0.717) is 10.6 Å². The number of carbonyl (C=O) groups is 1. The van der Waals surface area contributed by atoms with Gasteiger partial charge in [0, 0.05) is 31.7 Å². The third-order valence-corrected chi connectivity index (χ3v) is 4.48. The molecule has 1 aromatic carbocycles. The standard InChI is InChI=1S/C16H19ClN4O2.C2H6/c1-10-15(11(2)23-19-10)21-7-5-20(6-8-21)14-9-12(16(18)22)3-4-13(14)17;1-2/h3-4,9H,5-8H2,1-2H3,(H2,18,22);1-2H3. The van der Waals surface area contributed by atoms with Crippen LogP contribution in [0.2, 0.25) is 5.02 Å². The summed E-state index contributed by atoms with van der Waals surface area (Å²) in [6, 6.07) is 5.13. The molecule has 6 nitrogen and oxygen atoms in total. The van der Waals surface area contributed by atoms with Gasteiger partial charge in [0.15, 0.2) is 5.76 Å². The molecule has 0 radical (unpaired) electrons. The van der Waals surface area contributed by atoms with Crippen LogP contribution in [-0.4, -0.2) is 37.2 Å². The number of hydrogen-bond donors (Lipinski definition) is 1. The van der Waals surface area contributed by atoms with Crippen LogP contribution in [0.15, 0.2) is 22.7 Å². The van der Waals surface area contributed by atoms with Gasteiger partial charge in [0.2, 0.25) is 5.91 Å². The van der Waals surface area contributed by atoms with Crippen LogP contribution in [0.25, 0.3) is 0 Å². The largest absolute Gasteiger partial charge is 0.367 e. The number of amides is 1. The minimum Gasteiger partial charge on any atom is -0.367 e. The quantitative estimate of drug-likeness (QED) is 0.903. The number of aryl methyl sites for hydroxylation is 2. The average molecular weight is 365 g/mol. The summed E-state index contributed by atoms with van der Waals surface area (Å²) in [7, 11) is 0. The molecule has 3 rings (SSSR count). The van der Waals surface area contributed by atoms with E-state index in [0.717, 1.165) is 49.0 Å². The van der Waals surface area contributed by atoms with Crippen molar-refractivity contribution < 1.29 is 9.32 Å². The number of benzene rings is 1. The lowest BCUT2D eigenvalue weighted by molar-refractivity contribution is 0.100. The Morgan fingerprint density at radius 3 is 2.28 bits per heavy atom. The van der Waals surface area contributed by atoms with Gasteiger partial charge < -0.3 is 20.1 Å². The van der Waals surface area contributed by atoms with Crippen molar-refractivity contribution in [2.45, 2.75) is 27.7 Å². The summed E-state index contributed by atoms with van der Waals surface area (Å²) in [5, 5.41) is 4.64. The smallest absolute Gasteiger partial charge is 0.248 e. The third-order valence-electron chi connectivity index (χ3n) is 4.16. The van der Waals surface area contributed by atoms with Gasteiger partial charge in [-0.05, 0) is 32.0 Å². The van der Waals surface area contributed by atoms with Gasteiger partial charge in [-0.25, -0.2) is 0 Å². The lowest BCUT2D eigenvalue weighted by atomic mass is 10.1. The molecule has 0 atom stereocenters. The Kier molecular flexibility index (Phi) is 6.31. The van der Waals surface area contributed by atoms with E-state index in [9.17, 15) is 4.79 Å². The molecule has 0 bridgehead atoms. The van der Waals surface area contributed by atoms with Crippen LogP contribution >= 0.6 is 11.6 Å². The predicted octanol–water partition coefficient (Wildman–Crippen LogP) is 3.40. The zero-order chi connectivity index (χ0) is 18.6. The number of nitrogens with two attached hydrogens (primary N) is 1. The Balaban J connectivity index is 0.00000109. The lowest BCUT2D eigenvalue weighted by Gasteiger charge is -2.37. The van der Waals surface area contributed by atoms with Crippen molar-refractivity contribution in [2.24, 2.45) is 5.73 Å². The Hall–Kier alpha value is -2.21. The molecule has 7 heteroatoms. The number of rotatable bonds is 3. The molecule has 2 aromatic rings. The second kappa shape index (κ2) is 8.25. The van der Waals surface area contributed by atoms with E-state index in [1.54, 1.807) is 18.2 Å². The highest BCUT2D eigenvalue weighted by Gasteiger charge is 2.24. The normalized spacial score (nSPS) is 14.1. The lowest BCUT2D eigenvalue weighted by Crippen LogP contribution is -2.47. The highest BCUT2D eigenvalue weighted by Crippen LogP contribution is 2.30. The van der Waals surface area contributed by atoms with Crippen molar-refractivity contribution in [3.63, 3.8) is 0 Å². The van der Waals surface area contributed by atoms with Gasteiger partial charge in [-0.15, -0.1) is 0 Å². The van der Waals surface area contributed by atoms with Gasteiger partial charge in [-0.1, -0.05) is 30.6 Å². The summed E-state index contributed by atoms with van der Waals surface area (Å²) >= 11 is 6.29. The zero-order valence-corrected chi connectivity index (χ0v) is 15.9. The molecule has 1 aromatic heterocycles. The predicted molar refractivity (Wildman–Crippen MR) is 102 cm³/mol. The number of piperazine rings is 1. The van der Waals surface area contributed by atoms with E-state index >= 15 is 0 Å². The highest BCUT2D eigenvalue weighted by atomic mass is 35.5. The minimum absolute atomic E-state index is 0.447. The molecule has 1 amide bonds. The summed E-state index contributed by atoms with van der Waals surface area (Å²) in [4.78, 5) is 15.8. The number of aromatic nitrogens is 1. The fraction of sp³-hybridized carbons (Fsp3) is 0.444. The molecule has 1 fully saturated rings. The molecule has 25 heavy (non-hydrogen) atoms. The van der Waals surface area contributed by atoms with Gasteiger partial charge >= 0.3 is 0 Å². The van der Waals surface area contributed by atoms with Crippen LogP contribution in [-0.2, 0) is 0 Å². The molecule has 2 N–H and O–H groups in total. The minimum atomic E-state index is -0.447. The highest BCUT2D eigenvalue weighted by molar-refractivity contribution is 6.33. The van der Waals surface area contributed by atoms with E-state index in [-0.39, 0.29) is 0 Å². The maximum absolute atomic E-state index is 11.4. The molecule has 1 aliphatic heterocycles. The first-order valence-corrected chi connectivity index (χ1v) is 8.87. The van der Waals surface area contributed by atoms with Gasteiger partial charge in [0.25, 0.3) is 0 Å². The monoisotopic (exact) mass is 364 g/mol.